The number of hydrogen-bond acceptors (Lipinski definition) is 2. The summed E-state index contributed by atoms with van der Waals surface area (Å²) in [7, 11) is 0. The molecule has 58 valence electrons. The van der Waals surface area contributed by atoms with Crippen molar-refractivity contribution in [2.75, 3.05) is 0 Å². The average molecular weight is 161 g/mol. The van der Waals surface area contributed by atoms with E-state index in [1.54, 1.807) is 0 Å². The third-order valence-electron chi connectivity index (χ3n) is 1.05. The summed E-state index contributed by atoms with van der Waals surface area (Å²) in [5, 5.41) is -0.644. The second kappa shape index (κ2) is 5.29. The maximum absolute atomic E-state index is 10.3. The minimum Gasteiger partial charge on any atom is -0.772 e. The lowest BCUT2D eigenvalue weighted by Gasteiger charge is -2.08. The van der Waals surface area contributed by atoms with Gasteiger partial charge in [0.2, 0.25) is 0 Å². The van der Waals surface area contributed by atoms with Crippen molar-refractivity contribution in [1.82, 2.24) is 0 Å². The van der Waals surface area contributed by atoms with Gasteiger partial charge in [-0.3, -0.25) is 4.21 Å². The van der Waals surface area contributed by atoms with Crippen molar-refractivity contribution in [2.45, 2.75) is 25.0 Å². The SMILES string of the molecule is CCCC(C=[N+]=[N-])S(=O)[O-]. The quantitative estimate of drug-likeness (QED) is 0.258. The molecule has 0 fully saturated rings. The lowest BCUT2D eigenvalue weighted by atomic mass is 10.3. The molecule has 10 heavy (non-hydrogen) atoms. The van der Waals surface area contributed by atoms with Crippen LogP contribution in [0.5, 0.6) is 0 Å². The second-order valence-electron chi connectivity index (χ2n) is 1.85. The van der Waals surface area contributed by atoms with Gasteiger partial charge in [0.25, 0.3) is 6.21 Å². The van der Waals surface area contributed by atoms with Gasteiger partial charge in [-0.1, -0.05) is 13.3 Å². The third kappa shape index (κ3) is 3.50. The number of hydrogen-bond donors (Lipinski definition) is 0. The van der Waals surface area contributed by atoms with Gasteiger partial charge in [0, 0.05) is 0 Å². The second-order valence-corrected chi connectivity index (χ2v) is 2.98. The van der Waals surface area contributed by atoms with Gasteiger partial charge in [-0.25, -0.2) is 0 Å². The van der Waals surface area contributed by atoms with Crippen LogP contribution in [0.4, 0.5) is 0 Å². The van der Waals surface area contributed by atoms with E-state index in [2.05, 4.69) is 4.79 Å². The van der Waals surface area contributed by atoms with E-state index in [0.29, 0.717) is 6.42 Å². The normalized spacial score (nSPS) is 15.4. The molecule has 0 saturated heterocycles. The maximum Gasteiger partial charge on any atom is 0.271 e. The summed E-state index contributed by atoms with van der Waals surface area (Å²) >= 11 is -2.16. The fraction of sp³-hybridized carbons (Fsp3) is 0.800. The highest BCUT2D eigenvalue weighted by molar-refractivity contribution is 7.80. The van der Waals surface area contributed by atoms with Crippen LogP contribution in [0.2, 0.25) is 0 Å². The Hall–Kier alpha value is -0.510. The summed E-state index contributed by atoms with van der Waals surface area (Å²) in [4.78, 5) is 2.66. The zero-order valence-electron chi connectivity index (χ0n) is 5.69. The van der Waals surface area contributed by atoms with Gasteiger partial charge < -0.3 is 10.1 Å². The molecule has 0 saturated carbocycles. The summed E-state index contributed by atoms with van der Waals surface area (Å²) < 4.78 is 20.6. The highest BCUT2D eigenvalue weighted by atomic mass is 32.2. The molecule has 0 heterocycles. The van der Waals surface area contributed by atoms with Crippen LogP contribution >= 0.6 is 0 Å². The molecule has 0 radical (unpaired) electrons. The molecular weight excluding hydrogens is 152 g/mol. The monoisotopic (exact) mass is 161 g/mol. The van der Waals surface area contributed by atoms with Crippen molar-refractivity contribution in [1.29, 1.82) is 0 Å². The van der Waals surface area contributed by atoms with E-state index in [1.807, 2.05) is 6.92 Å². The smallest absolute Gasteiger partial charge is 0.271 e. The molecule has 0 aromatic carbocycles. The predicted molar refractivity (Wildman–Crippen MR) is 37.3 cm³/mol. The molecule has 0 spiro atoms. The third-order valence-corrected chi connectivity index (χ3v) is 1.91. The highest BCUT2D eigenvalue weighted by Gasteiger charge is 2.08. The van der Waals surface area contributed by atoms with Gasteiger partial charge in [0.15, 0.2) is 0 Å². The Labute approximate surface area is 62.2 Å². The van der Waals surface area contributed by atoms with Crippen LogP contribution < -0.4 is 0 Å². The van der Waals surface area contributed by atoms with Crippen LogP contribution in [-0.2, 0) is 11.1 Å². The van der Waals surface area contributed by atoms with Gasteiger partial charge in [-0.15, -0.1) is 0 Å². The van der Waals surface area contributed by atoms with E-state index in [4.69, 9.17) is 5.53 Å². The first-order valence-corrected chi connectivity index (χ1v) is 4.11. The van der Waals surface area contributed by atoms with E-state index in [-0.39, 0.29) is 0 Å². The summed E-state index contributed by atoms with van der Waals surface area (Å²) in [6.45, 7) is 1.87. The molecule has 0 aliphatic carbocycles. The Balaban J connectivity index is 3.97. The molecule has 0 aromatic rings. The minimum atomic E-state index is -2.16. The van der Waals surface area contributed by atoms with Crippen molar-refractivity contribution in [2.24, 2.45) is 0 Å². The predicted octanol–water partition coefficient (Wildman–Crippen LogP) is 0.335. The van der Waals surface area contributed by atoms with E-state index in [1.165, 1.54) is 0 Å². The van der Waals surface area contributed by atoms with Gasteiger partial charge >= 0.3 is 0 Å². The van der Waals surface area contributed by atoms with Crippen LogP contribution in [0.15, 0.2) is 0 Å². The lowest BCUT2D eigenvalue weighted by Crippen LogP contribution is -2.16. The van der Waals surface area contributed by atoms with Crippen LogP contribution in [0, 0.1) is 0 Å². The van der Waals surface area contributed by atoms with Gasteiger partial charge in [0.05, 0.1) is 0 Å². The molecule has 0 aliphatic rings. The Morgan fingerprint density at radius 2 is 2.50 bits per heavy atom. The molecule has 0 rings (SSSR count). The largest absolute Gasteiger partial charge is 0.772 e. The van der Waals surface area contributed by atoms with E-state index < -0.39 is 16.3 Å². The van der Waals surface area contributed by atoms with E-state index in [0.717, 1.165) is 12.6 Å². The zero-order chi connectivity index (χ0) is 7.98. The summed E-state index contributed by atoms with van der Waals surface area (Å²) in [5.41, 5.74) is 8.01. The molecule has 0 amide bonds. The van der Waals surface area contributed by atoms with Crippen molar-refractivity contribution >= 4 is 17.3 Å². The van der Waals surface area contributed by atoms with Crippen LogP contribution in [0.1, 0.15) is 19.8 Å². The summed E-state index contributed by atoms with van der Waals surface area (Å²) in [6, 6.07) is 0. The molecule has 2 unspecified atom stereocenters. The molecule has 0 N–H and O–H groups in total. The topological polar surface area (TPSA) is 76.5 Å². The Bertz CT molecular complexity index is 163. The minimum absolute atomic E-state index is 0.500. The van der Waals surface area contributed by atoms with E-state index in [9.17, 15) is 8.76 Å². The van der Waals surface area contributed by atoms with Crippen molar-refractivity contribution in [3.05, 3.63) is 5.53 Å². The van der Waals surface area contributed by atoms with Gasteiger partial charge in [0.1, 0.15) is 5.25 Å². The van der Waals surface area contributed by atoms with E-state index >= 15 is 0 Å². The van der Waals surface area contributed by atoms with Crippen LogP contribution in [0.3, 0.4) is 0 Å². The summed E-state index contributed by atoms with van der Waals surface area (Å²) in [6.07, 6.45) is 2.28. The molecule has 0 aliphatic heterocycles. The zero-order valence-corrected chi connectivity index (χ0v) is 6.50. The van der Waals surface area contributed by atoms with Crippen molar-refractivity contribution in [3.63, 3.8) is 0 Å². The van der Waals surface area contributed by atoms with Crippen molar-refractivity contribution < 1.29 is 13.6 Å². The van der Waals surface area contributed by atoms with Crippen LogP contribution in [0.25, 0.3) is 5.53 Å². The standard InChI is InChI=1S/C5H10N2O2S/c1-2-3-5(4-7-6)10(8)9/h4-5H,2-3H2,1H3,(H,8,9)/p-1. The van der Waals surface area contributed by atoms with Gasteiger partial charge in [-0.05, 0) is 17.5 Å². The first-order valence-electron chi connectivity index (χ1n) is 2.98. The first kappa shape index (κ1) is 9.49. The maximum atomic E-state index is 10.3. The fourth-order valence-corrected chi connectivity index (χ4v) is 1.16. The molecule has 5 heteroatoms. The van der Waals surface area contributed by atoms with Crippen molar-refractivity contribution in [3.8, 4) is 0 Å². The Morgan fingerprint density at radius 1 is 1.90 bits per heavy atom. The number of rotatable bonds is 4. The lowest BCUT2D eigenvalue weighted by molar-refractivity contribution is 0.00103. The average Bonchev–Trinajstić information content (AvgIpc) is 1.87. The van der Waals surface area contributed by atoms with Crippen LogP contribution in [-0.4, -0.2) is 25.0 Å². The molecule has 0 aromatic heterocycles. The van der Waals surface area contributed by atoms with Gasteiger partial charge in [-0.2, -0.15) is 4.79 Å². The molecular formula is C5H9N2O2S-. The number of nitrogens with zero attached hydrogens (tertiary/aromatic N) is 2. The molecule has 4 nitrogen and oxygen atoms in total. The molecule has 2 atom stereocenters. The Kier molecular flexibility index (Phi) is 5.02. The highest BCUT2D eigenvalue weighted by Crippen LogP contribution is 1.99. The first-order chi connectivity index (χ1) is 4.72. The fourth-order valence-electron chi connectivity index (χ4n) is 0.579. The Morgan fingerprint density at radius 3 is 2.80 bits per heavy atom. The summed E-state index contributed by atoms with van der Waals surface area (Å²) in [5.74, 6) is 0. The molecule has 0 bridgehead atoms.